The van der Waals surface area contributed by atoms with Crippen LogP contribution in [0.25, 0.3) is 33.4 Å². The first kappa shape index (κ1) is 40.1. The van der Waals surface area contributed by atoms with Crippen LogP contribution in [-0.2, 0) is 34.4 Å². The van der Waals surface area contributed by atoms with E-state index in [0.29, 0.717) is 0 Å². The van der Waals surface area contributed by atoms with Crippen LogP contribution >= 0.6 is 24.8 Å². The molecule has 0 heterocycles. The fourth-order valence-electron chi connectivity index (χ4n) is 9.42. The smallest absolute Gasteiger partial charge is 0.147 e. The summed E-state index contributed by atoms with van der Waals surface area (Å²) in [6.07, 6.45) is 9.17. The van der Waals surface area contributed by atoms with Crippen LogP contribution in [0.5, 0.6) is 0 Å². The zero-order valence-corrected chi connectivity index (χ0v) is 39.1. The van der Waals surface area contributed by atoms with Gasteiger partial charge in [-0.15, -0.1) is 24.8 Å². The average Bonchev–Trinajstić information content (AvgIpc) is 3.83. The van der Waals surface area contributed by atoms with Crippen LogP contribution in [0.15, 0.2) is 161 Å². The molecule has 274 valence electrons. The van der Waals surface area contributed by atoms with E-state index in [1.807, 2.05) is 0 Å². The normalized spacial score (nSPS) is 13.7. The van der Waals surface area contributed by atoms with Gasteiger partial charge in [0.2, 0.25) is 0 Å². The predicted octanol–water partition coefficient (Wildman–Crippen LogP) is 11.4. The molecule has 0 unspecified atom stereocenters. The van der Waals surface area contributed by atoms with Crippen LogP contribution in [0.3, 0.4) is 0 Å². The third-order valence-electron chi connectivity index (χ3n) is 12.0. The molecule has 0 N–H and O–H groups in total. The van der Waals surface area contributed by atoms with Crippen LogP contribution < -0.4 is 9.96 Å². The van der Waals surface area contributed by atoms with Gasteiger partial charge in [-0.3, -0.25) is 0 Å². The van der Waals surface area contributed by atoms with Gasteiger partial charge in [0.25, 0.3) is 0 Å². The van der Waals surface area contributed by atoms with E-state index in [1.54, 1.807) is 6.65 Å². The third kappa shape index (κ3) is 6.32. The molecule has 4 heteroatoms. The van der Waals surface area contributed by atoms with Crippen LogP contribution in [-0.4, -0.2) is 6.94 Å². The predicted molar refractivity (Wildman–Crippen MR) is 240 cm³/mol. The van der Waals surface area contributed by atoms with E-state index >= 15 is 0 Å². The first-order valence-corrected chi connectivity index (χ1v) is 34.4. The van der Waals surface area contributed by atoms with Gasteiger partial charge in [-0.1, -0.05) is 0 Å². The Balaban J connectivity index is 0.00000249. The topological polar surface area (TPSA) is 0 Å². The summed E-state index contributed by atoms with van der Waals surface area (Å²) in [5.74, 6) is 0. The van der Waals surface area contributed by atoms with E-state index in [9.17, 15) is 0 Å². The van der Waals surface area contributed by atoms with Crippen molar-refractivity contribution in [3.63, 3.8) is 0 Å². The number of rotatable bonds is 6. The molecular weight excluding hydrogens is 878 g/mol. The number of benzene rings is 6. The molecule has 0 saturated carbocycles. The van der Waals surface area contributed by atoms with Crippen LogP contribution in [0.1, 0.15) is 70.2 Å². The van der Waals surface area contributed by atoms with Gasteiger partial charge in [0.05, 0.1) is 0 Å². The van der Waals surface area contributed by atoms with Gasteiger partial charge in [-0.2, -0.15) is 0 Å². The van der Waals surface area contributed by atoms with Crippen molar-refractivity contribution in [1.29, 1.82) is 0 Å². The Kier molecular flexibility index (Phi) is 11.0. The fraction of sp³-hybridized carbons (Fsp3) is 0.200. The van der Waals surface area contributed by atoms with Crippen LogP contribution in [0.2, 0.25) is 0 Å². The number of hydrogen-bond donors (Lipinski definition) is 0. The Labute approximate surface area is 338 Å². The van der Waals surface area contributed by atoms with Gasteiger partial charge >= 0.3 is 316 Å². The Morgan fingerprint density at radius 1 is 0.537 bits per heavy atom. The second-order valence-electron chi connectivity index (χ2n) is 17.2. The van der Waals surface area contributed by atoms with Gasteiger partial charge in [-0.25, -0.2) is 0 Å². The molecule has 6 aromatic rings. The van der Waals surface area contributed by atoms with Crippen LogP contribution in [0.4, 0.5) is 0 Å². The molecule has 6 aromatic carbocycles. The van der Waals surface area contributed by atoms with Crippen molar-refractivity contribution in [2.75, 3.05) is 0 Å². The van der Waals surface area contributed by atoms with Crippen molar-refractivity contribution >= 4 is 41.7 Å². The molecule has 0 aliphatic heterocycles. The summed E-state index contributed by atoms with van der Waals surface area (Å²) in [6.45, 7) is 16.8. The Morgan fingerprint density at radius 2 is 1.02 bits per heavy atom. The van der Waals surface area contributed by atoms with Crippen molar-refractivity contribution in [3.05, 3.63) is 183 Å². The van der Waals surface area contributed by atoms with Gasteiger partial charge in [-0.05, 0) is 0 Å². The molecule has 8 rings (SSSR count). The molecule has 0 radical (unpaired) electrons. The van der Waals surface area contributed by atoms with E-state index in [0.717, 1.165) is 12.8 Å². The first-order chi connectivity index (χ1) is 24.9. The maximum Gasteiger partial charge on any atom is -0.147 e. The van der Waals surface area contributed by atoms with Crippen molar-refractivity contribution in [2.45, 2.75) is 65.2 Å². The van der Waals surface area contributed by atoms with Gasteiger partial charge < -0.3 is 0 Å². The number of fused-ring (bicyclic) bond motifs is 3. The Bertz CT molecular complexity index is 2410. The molecular formula is C50H52Cl2HfSi. The molecule has 0 aromatic heterocycles. The maximum absolute atomic E-state index is 4.96. The Hall–Kier alpha value is -3.53. The van der Waals surface area contributed by atoms with E-state index in [2.05, 4.69) is 206 Å². The van der Waals surface area contributed by atoms with Gasteiger partial charge in [0.1, 0.15) is 0 Å². The van der Waals surface area contributed by atoms with Crippen LogP contribution in [0, 0.1) is 0 Å². The zero-order valence-electron chi connectivity index (χ0n) is 32.4. The molecule has 0 amide bonds. The molecule has 0 atom stereocenters. The van der Waals surface area contributed by atoms with Gasteiger partial charge in [0, 0.05) is 0 Å². The first-order valence-electron chi connectivity index (χ1n) is 18.9. The van der Waals surface area contributed by atoms with Gasteiger partial charge in [0.15, 0.2) is 0 Å². The van der Waals surface area contributed by atoms with E-state index < -0.39 is 17.1 Å². The second-order valence-corrected chi connectivity index (χ2v) is 47.5. The largest absolute Gasteiger partial charge is 0.147 e. The number of allylic oxidation sites excluding steroid dienone is 4. The molecule has 0 nitrogen and oxygen atoms in total. The zero-order chi connectivity index (χ0) is 36.3. The second kappa shape index (κ2) is 14.8. The summed E-state index contributed by atoms with van der Waals surface area (Å²) in [5, 5.41) is 0. The minimum absolute atomic E-state index is 0. The monoisotopic (exact) mass is 930 g/mol. The number of hydrogen-bond acceptors (Lipinski definition) is 0. The van der Waals surface area contributed by atoms with E-state index in [1.165, 1.54) is 62.3 Å². The summed E-state index contributed by atoms with van der Waals surface area (Å²) in [5.41, 5.74) is 14.0. The van der Waals surface area contributed by atoms with Crippen molar-refractivity contribution in [2.24, 2.45) is 0 Å². The molecule has 0 fully saturated rings. The minimum atomic E-state index is -4.96. The van der Waals surface area contributed by atoms with Crippen molar-refractivity contribution < 1.29 is 17.1 Å². The molecule has 0 spiro atoms. The average molecular weight is 930 g/mol. The summed E-state index contributed by atoms with van der Waals surface area (Å²) >= 11 is -4.96. The summed E-state index contributed by atoms with van der Waals surface area (Å²) < 4.78 is 6.34. The standard InChI is InChI=1S/C33H33.2C6H5.C5H5.2ClH.Hf.H2Si/c1-32(2,3)30-20-26-24(18-28(30)22-13-9-7-10-14-22)17-25-19-29(23-15-11-8-12-16-23)31(21-27(25)26)33(4,5)6;2*1-2-4-6-5-3-1;1-2-4-5-3-1;;;;/h7-16,18,20-21H,17H2,1-6H3;2*1-5H;1-3H,4H2;2*1H;;1H2. The fourth-order valence-corrected chi connectivity index (χ4v) is 42.3. The molecule has 0 saturated heterocycles. The van der Waals surface area contributed by atoms with E-state index in [-0.39, 0.29) is 35.6 Å². The molecule has 2 aliphatic carbocycles. The molecule has 2 aliphatic rings. The number of halogens is 2. The van der Waals surface area contributed by atoms with Crippen molar-refractivity contribution in [3.8, 4) is 33.4 Å². The van der Waals surface area contributed by atoms with E-state index in [4.69, 9.17) is 0 Å². The summed E-state index contributed by atoms with van der Waals surface area (Å²) in [6, 6.07) is 53.6. The third-order valence-corrected chi connectivity index (χ3v) is 49.2. The van der Waals surface area contributed by atoms with Crippen molar-refractivity contribution in [1.82, 2.24) is 0 Å². The maximum atomic E-state index is 2.61. The quantitative estimate of drug-likeness (QED) is 0.146. The minimum Gasteiger partial charge on any atom is -0.147 e. The SMILES string of the molecule is CC(C)(C)c1cc2c(cc1-c1ccccc1)Cc1c-2cc(C(C)(C)C)c(-c2ccccc2)[c]1[Hf](=[SiH2])([C]1=CC=CC1)([c]1ccccc1)[c]1ccccc1.Cl.Cl. The molecule has 0 bridgehead atoms. The Morgan fingerprint density at radius 3 is 1.50 bits per heavy atom. The summed E-state index contributed by atoms with van der Waals surface area (Å²) in [7, 11) is 0. The molecule has 54 heavy (non-hydrogen) atoms. The summed E-state index contributed by atoms with van der Waals surface area (Å²) in [4.78, 5) is 0.